The van der Waals surface area contributed by atoms with Gasteiger partial charge in [0.15, 0.2) is 17.2 Å². The Labute approximate surface area is 113 Å². The highest BCUT2D eigenvalue weighted by Gasteiger charge is 2.15. The highest BCUT2D eigenvalue weighted by molar-refractivity contribution is 6.30. The van der Waals surface area contributed by atoms with Crippen molar-refractivity contribution in [3.63, 3.8) is 0 Å². The van der Waals surface area contributed by atoms with E-state index in [9.17, 15) is 15.0 Å². The number of carbonyl (C=O) groups is 1. The predicted octanol–water partition coefficient (Wildman–Crippen LogP) is 2.68. The zero-order valence-corrected chi connectivity index (χ0v) is 10.3. The van der Waals surface area contributed by atoms with Gasteiger partial charge in [-0.1, -0.05) is 17.7 Å². The average molecular weight is 281 g/mol. The number of benzene rings is 2. The van der Waals surface area contributed by atoms with Crippen LogP contribution in [0.4, 0.5) is 0 Å². The minimum absolute atomic E-state index is 0.104. The van der Waals surface area contributed by atoms with E-state index in [1.807, 2.05) is 0 Å². The fourth-order valence-electron chi connectivity index (χ4n) is 1.42. The van der Waals surface area contributed by atoms with Crippen LogP contribution in [0.2, 0.25) is 5.02 Å². The molecule has 0 radical (unpaired) electrons. The van der Waals surface area contributed by atoms with Crippen molar-refractivity contribution < 1.29 is 24.9 Å². The molecule has 0 saturated carbocycles. The predicted molar refractivity (Wildman–Crippen MR) is 67.8 cm³/mol. The molecule has 0 heterocycles. The lowest BCUT2D eigenvalue weighted by atomic mass is 10.2. The number of hydrogen-bond donors (Lipinski definition) is 3. The summed E-state index contributed by atoms with van der Waals surface area (Å²) in [5.74, 6) is -2.49. The van der Waals surface area contributed by atoms with E-state index < -0.39 is 23.2 Å². The Bertz CT molecular complexity index is 616. The number of aromatic hydroxyl groups is 3. The third-order valence-electron chi connectivity index (χ3n) is 2.31. The lowest BCUT2D eigenvalue weighted by Crippen LogP contribution is -2.08. The first-order chi connectivity index (χ1) is 8.97. The van der Waals surface area contributed by atoms with Crippen LogP contribution < -0.4 is 4.74 Å². The van der Waals surface area contributed by atoms with Crippen LogP contribution in [-0.2, 0) is 0 Å². The molecule has 0 unspecified atom stereocenters. The van der Waals surface area contributed by atoms with Crippen molar-refractivity contribution in [3.8, 4) is 23.0 Å². The summed E-state index contributed by atoms with van der Waals surface area (Å²) in [5.41, 5.74) is -0.104. The first kappa shape index (κ1) is 13.0. The minimum Gasteiger partial charge on any atom is -0.504 e. The van der Waals surface area contributed by atoms with Gasteiger partial charge in [-0.2, -0.15) is 0 Å². The van der Waals surface area contributed by atoms with Gasteiger partial charge in [-0.05, 0) is 30.3 Å². The van der Waals surface area contributed by atoms with Crippen molar-refractivity contribution in [3.05, 3.63) is 47.0 Å². The Morgan fingerprint density at radius 1 is 1.05 bits per heavy atom. The normalized spacial score (nSPS) is 10.2. The third kappa shape index (κ3) is 2.89. The van der Waals surface area contributed by atoms with Gasteiger partial charge in [0, 0.05) is 5.02 Å². The standard InChI is InChI=1S/C13H9ClO5/c14-8-2-1-3-9(6-8)19-13(18)7-4-10(15)12(17)11(16)5-7/h1-6,15-17H. The van der Waals surface area contributed by atoms with E-state index in [0.717, 1.165) is 12.1 Å². The fourth-order valence-corrected chi connectivity index (χ4v) is 1.60. The summed E-state index contributed by atoms with van der Waals surface area (Å²) in [6.45, 7) is 0. The molecule has 0 amide bonds. The molecular weight excluding hydrogens is 272 g/mol. The van der Waals surface area contributed by atoms with Crippen LogP contribution in [0.1, 0.15) is 10.4 Å². The quantitative estimate of drug-likeness (QED) is 0.447. The molecule has 19 heavy (non-hydrogen) atoms. The van der Waals surface area contributed by atoms with Crippen LogP contribution in [0.5, 0.6) is 23.0 Å². The summed E-state index contributed by atoms with van der Waals surface area (Å²) in [5, 5.41) is 28.2. The van der Waals surface area contributed by atoms with E-state index in [4.69, 9.17) is 21.4 Å². The summed E-state index contributed by atoms with van der Waals surface area (Å²) < 4.78 is 5.00. The Morgan fingerprint density at radius 3 is 2.26 bits per heavy atom. The van der Waals surface area contributed by atoms with Crippen molar-refractivity contribution in [2.24, 2.45) is 0 Å². The zero-order chi connectivity index (χ0) is 14.0. The molecule has 6 heteroatoms. The van der Waals surface area contributed by atoms with Gasteiger partial charge in [0.25, 0.3) is 0 Å². The molecule has 0 aliphatic heterocycles. The molecule has 2 aromatic carbocycles. The van der Waals surface area contributed by atoms with Gasteiger partial charge in [0.2, 0.25) is 0 Å². The van der Waals surface area contributed by atoms with Crippen LogP contribution in [0, 0.1) is 0 Å². The number of esters is 1. The largest absolute Gasteiger partial charge is 0.504 e. The van der Waals surface area contributed by atoms with Gasteiger partial charge in [0.05, 0.1) is 5.56 Å². The molecule has 2 rings (SSSR count). The van der Waals surface area contributed by atoms with Crippen molar-refractivity contribution >= 4 is 17.6 Å². The molecule has 0 aliphatic rings. The van der Waals surface area contributed by atoms with E-state index in [2.05, 4.69) is 0 Å². The first-order valence-corrected chi connectivity index (χ1v) is 5.58. The van der Waals surface area contributed by atoms with E-state index in [1.165, 1.54) is 12.1 Å². The average Bonchev–Trinajstić information content (AvgIpc) is 2.35. The first-order valence-electron chi connectivity index (χ1n) is 5.20. The molecule has 0 atom stereocenters. The van der Waals surface area contributed by atoms with Crippen LogP contribution in [0.15, 0.2) is 36.4 Å². The number of carbonyl (C=O) groups excluding carboxylic acids is 1. The summed E-state index contributed by atoms with van der Waals surface area (Å²) >= 11 is 5.74. The van der Waals surface area contributed by atoms with Crippen molar-refractivity contribution in [1.29, 1.82) is 0 Å². The molecule has 2 aromatic rings. The molecule has 0 spiro atoms. The van der Waals surface area contributed by atoms with E-state index in [-0.39, 0.29) is 11.3 Å². The molecular formula is C13H9ClO5. The minimum atomic E-state index is -0.798. The van der Waals surface area contributed by atoms with E-state index in [1.54, 1.807) is 12.1 Å². The lowest BCUT2D eigenvalue weighted by Gasteiger charge is -2.06. The van der Waals surface area contributed by atoms with Gasteiger partial charge in [-0.15, -0.1) is 0 Å². The molecule has 0 aliphatic carbocycles. The van der Waals surface area contributed by atoms with E-state index >= 15 is 0 Å². The van der Waals surface area contributed by atoms with Crippen LogP contribution in [-0.4, -0.2) is 21.3 Å². The molecule has 0 fully saturated rings. The molecule has 0 saturated heterocycles. The van der Waals surface area contributed by atoms with Crippen molar-refractivity contribution in [2.45, 2.75) is 0 Å². The van der Waals surface area contributed by atoms with E-state index in [0.29, 0.717) is 5.02 Å². The summed E-state index contributed by atoms with van der Waals surface area (Å²) in [7, 11) is 0. The highest BCUT2D eigenvalue weighted by atomic mass is 35.5. The molecule has 0 bridgehead atoms. The third-order valence-corrected chi connectivity index (χ3v) is 2.55. The number of phenols is 3. The number of hydrogen-bond acceptors (Lipinski definition) is 5. The summed E-state index contributed by atoms with van der Waals surface area (Å²) in [6, 6.07) is 8.18. The summed E-state index contributed by atoms with van der Waals surface area (Å²) in [4.78, 5) is 11.8. The number of rotatable bonds is 2. The maximum atomic E-state index is 11.8. The van der Waals surface area contributed by atoms with Crippen LogP contribution in [0.3, 0.4) is 0 Å². The topological polar surface area (TPSA) is 87.0 Å². The monoisotopic (exact) mass is 280 g/mol. The molecule has 5 nitrogen and oxygen atoms in total. The zero-order valence-electron chi connectivity index (χ0n) is 9.50. The second kappa shape index (κ2) is 5.07. The van der Waals surface area contributed by atoms with Gasteiger partial charge in [-0.3, -0.25) is 0 Å². The van der Waals surface area contributed by atoms with Gasteiger partial charge in [-0.25, -0.2) is 4.79 Å². The number of ether oxygens (including phenoxy) is 1. The second-order valence-corrected chi connectivity index (χ2v) is 4.15. The maximum Gasteiger partial charge on any atom is 0.343 e. The van der Waals surface area contributed by atoms with Crippen molar-refractivity contribution in [1.82, 2.24) is 0 Å². The maximum absolute atomic E-state index is 11.8. The van der Waals surface area contributed by atoms with Crippen molar-refractivity contribution in [2.75, 3.05) is 0 Å². The smallest absolute Gasteiger partial charge is 0.343 e. The molecule has 0 aromatic heterocycles. The van der Waals surface area contributed by atoms with Crippen LogP contribution >= 0.6 is 11.6 Å². The second-order valence-electron chi connectivity index (χ2n) is 3.71. The van der Waals surface area contributed by atoms with Gasteiger partial charge < -0.3 is 20.1 Å². The molecule has 3 N–H and O–H groups in total. The Hall–Kier alpha value is -2.40. The Kier molecular flexibility index (Phi) is 3.48. The number of halogens is 1. The summed E-state index contributed by atoms with van der Waals surface area (Å²) in [6.07, 6.45) is 0. The number of phenolic OH excluding ortho intramolecular Hbond substituents is 3. The SMILES string of the molecule is O=C(Oc1cccc(Cl)c1)c1cc(O)c(O)c(O)c1. The Morgan fingerprint density at radius 2 is 1.68 bits per heavy atom. The van der Waals surface area contributed by atoms with Gasteiger partial charge in [0.1, 0.15) is 5.75 Å². The Balaban J connectivity index is 2.25. The van der Waals surface area contributed by atoms with Gasteiger partial charge >= 0.3 is 5.97 Å². The highest BCUT2D eigenvalue weighted by Crippen LogP contribution is 2.35. The molecule has 98 valence electrons. The fraction of sp³-hybridized carbons (Fsp3) is 0. The lowest BCUT2D eigenvalue weighted by molar-refractivity contribution is 0.0734. The van der Waals surface area contributed by atoms with Crippen LogP contribution in [0.25, 0.3) is 0 Å².